The highest BCUT2D eigenvalue weighted by Gasteiger charge is 2.13. The maximum absolute atomic E-state index is 5.43. The average molecular weight is 247 g/mol. The van der Waals surface area contributed by atoms with Crippen LogP contribution in [0, 0.1) is 0 Å². The van der Waals surface area contributed by atoms with E-state index in [2.05, 4.69) is 20.7 Å². The number of hydrogen-bond donors (Lipinski definition) is 3. The fourth-order valence-electron chi connectivity index (χ4n) is 1.81. The molecule has 0 fully saturated rings. The van der Waals surface area contributed by atoms with Gasteiger partial charge in [0.2, 0.25) is 0 Å². The molecule has 0 saturated heterocycles. The van der Waals surface area contributed by atoms with Crippen LogP contribution >= 0.6 is 0 Å². The van der Waals surface area contributed by atoms with Gasteiger partial charge in [-0.3, -0.25) is 0 Å². The molecule has 0 bridgehead atoms. The van der Waals surface area contributed by atoms with Crippen molar-refractivity contribution in [3.8, 4) is 0 Å². The van der Waals surface area contributed by atoms with E-state index in [1.807, 2.05) is 26.0 Å². The molecule has 6 heteroatoms. The Labute approximate surface area is 106 Å². The smallest absolute Gasteiger partial charge is 0.148 e. The molecule has 0 aliphatic carbocycles. The Bertz CT molecular complexity index is 497. The molecule has 96 valence electrons. The summed E-state index contributed by atoms with van der Waals surface area (Å²) in [4.78, 5) is 8.34. The molecule has 1 unspecified atom stereocenters. The van der Waals surface area contributed by atoms with E-state index < -0.39 is 0 Å². The number of hydrazine groups is 1. The lowest BCUT2D eigenvalue weighted by molar-refractivity contribution is 0.490. The first-order chi connectivity index (χ1) is 8.76. The predicted octanol–water partition coefficient (Wildman–Crippen LogP) is 2.09. The second kappa shape index (κ2) is 5.50. The summed E-state index contributed by atoms with van der Waals surface area (Å²) in [7, 11) is 0. The van der Waals surface area contributed by atoms with E-state index in [4.69, 9.17) is 10.3 Å². The molecule has 6 nitrogen and oxygen atoms in total. The average Bonchev–Trinajstić information content (AvgIpc) is 2.92. The van der Waals surface area contributed by atoms with Gasteiger partial charge < -0.3 is 15.2 Å². The Hall–Kier alpha value is -2.08. The molecule has 4 N–H and O–H groups in total. The summed E-state index contributed by atoms with van der Waals surface area (Å²) in [6.45, 7) is 4.04. The highest BCUT2D eigenvalue weighted by atomic mass is 16.3. The number of anilines is 2. The van der Waals surface area contributed by atoms with E-state index in [1.165, 1.54) is 6.33 Å². The lowest BCUT2D eigenvalue weighted by atomic mass is 10.2. The Morgan fingerprint density at radius 2 is 2.17 bits per heavy atom. The van der Waals surface area contributed by atoms with Crippen LogP contribution in [0.2, 0.25) is 0 Å². The van der Waals surface area contributed by atoms with Gasteiger partial charge in [0, 0.05) is 5.56 Å². The van der Waals surface area contributed by atoms with E-state index in [0.29, 0.717) is 5.82 Å². The Morgan fingerprint density at radius 3 is 2.78 bits per heavy atom. The SMILES string of the molecule is CCc1c(NN)ncnc1NC(C)c1ccco1. The summed E-state index contributed by atoms with van der Waals surface area (Å²) >= 11 is 0. The number of nitrogens with one attached hydrogen (secondary N) is 2. The third-order valence-electron chi connectivity index (χ3n) is 2.76. The first-order valence-electron chi connectivity index (χ1n) is 5.86. The van der Waals surface area contributed by atoms with Crippen molar-refractivity contribution in [1.29, 1.82) is 0 Å². The van der Waals surface area contributed by atoms with Gasteiger partial charge in [0.05, 0.1) is 12.3 Å². The number of hydrogen-bond acceptors (Lipinski definition) is 6. The first kappa shape index (κ1) is 12.4. The molecule has 0 aromatic carbocycles. The lowest BCUT2D eigenvalue weighted by Gasteiger charge is -2.16. The topological polar surface area (TPSA) is 89.0 Å². The standard InChI is InChI=1S/C12H17N5O/c1-3-9-11(14-7-15-12(9)17-13)16-8(2)10-5-4-6-18-10/h4-8H,3,13H2,1-2H3,(H2,14,15,16,17). The molecule has 1 atom stereocenters. The van der Waals surface area contributed by atoms with Crippen LogP contribution in [-0.4, -0.2) is 9.97 Å². The summed E-state index contributed by atoms with van der Waals surface area (Å²) < 4.78 is 5.35. The lowest BCUT2D eigenvalue weighted by Crippen LogP contribution is -2.15. The van der Waals surface area contributed by atoms with E-state index in [0.717, 1.165) is 23.6 Å². The minimum absolute atomic E-state index is 0.0332. The third-order valence-corrected chi connectivity index (χ3v) is 2.76. The number of nitrogen functional groups attached to an aromatic ring is 1. The van der Waals surface area contributed by atoms with Crippen molar-refractivity contribution in [3.63, 3.8) is 0 Å². The minimum Gasteiger partial charge on any atom is -0.467 e. The van der Waals surface area contributed by atoms with Crippen molar-refractivity contribution in [2.75, 3.05) is 10.7 Å². The molecule has 0 aliphatic heterocycles. The van der Waals surface area contributed by atoms with Crippen LogP contribution in [-0.2, 0) is 6.42 Å². The van der Waals surface area contributed by atoms with Crippen LogP contribution < -0.4 is 16.6 Å². The number of rotatable bonds is 5. The van der Waals surface area contributed by atoms with E-state index in [9.17, 15) is 0 Å². The summed E-state index contributed by atoms with van der Waals surface area (Å²) in [5.41, 5.74) is 3.54. The molecular formula is C12H17N5O. The quantitative estimate of drug-likeness (QED) is 0.554. The summed E-state index contributed by atoms with van der Waals surface area (Å²) in [5.74, 6) is 7.70. The van der Waals surface area contributed by atoms with Gasteiger partial charge in [0.15, 0.2) is 0 Å². The van der Waals surface area contributed by atoms with Crippen LogP contribution in [0.4, 0.5) is 11.6 Å². The van der Waals surface area contributed by atoms with Gasteiger partial charge in [0.25, 0.3) is 0 Å². The molecule has 2 aromatic rings. The zero-order valence-corrected chi connectivity index (χ0v) is 10.5. The fraction of sp³-hybridized carbons (Fsp3) is 0.333. The normalized spacial score (nSPS) is 12.2. The molecular weight excluding hydrogens is 230 g/mol. The summed E-state index contributed by atoms with van der Waals surface area (Å²) in [6, 6.07) is 3.82. The van der Waals surface area contributed by atoms with E-state index in [1.54, 1.807) is 6.26 Å². The van der Waals surface area contributed by atoms with Crippen LogP contribution in [0.5, 0.6) is 0 Å². The molecule has 0 amide bonds. The number of aromatic nitrogens is 2. The van der Waals surface area contributed by atoms with Crippen LogP contribution in [0.1, 0.15) is 31.2 Å². The maximum Gasteiger partial charge on any atom is 0.148 e. The van der Waals surface area contributed by atoms with E-state index in [-0.39, 0.29) is 6.04 Å². The zero-order chi connectivity index (χ0) is 13.0. The molecule has 18 heavy (non-hydrogen) atoms. The van der Waals surface area contributed by atoms with Gasteiger partial charge >= 0.3 is 0 Å². The number of nitrogens with two attached hydrogens (primary N) is 1. The van der Waals surface area contributed by atoms with Crippen molar-refractivity contribution >= 4 is 11.6 Å². The van der Waals surface area contributed by atoms with Crippen molar-refractivity contribution in [3.05, 3.63) is 36.0 Å². The van der Waals surface area contributed by atoms with Crippen molar-refractivity contribution in [2.24, 2.45) is 5.84 Å². The Kier molecular flexibility index (Phi) is 3.78. The Balaban J connectivity index is 2.23. The number of nitrogens with zero attached hydrogens (tertiary/aromatic N) is 2. The molecule has 2 rings (SSSR count). The van der Waals surface area contributed by atoms with Gasteiger partial charge in [-0.05, 0) is 25.5 Å². The fourth-order valence-corrected chi connectivity index (χ4v) is 1.81. The predicted molar refractivity (Wildman–Crippen MR) is 70.0 cm³/mol. The molecule has 2 heterocycles. The highest BCUT2D eigenvalue weighted by molar-refractivity contribution is 5.57. The van der Waals surface area contributed by atoms with Gasteiger partial charge in [-0.2, -0.15) is 0 Å². The van der Waals surface area contributed by atoms with Crippen molar-refractivity contribution in [1.82, 2.24) is 9.97 Å². The molecule has 0 radical (unpaired) electrons. The van der Waals surface area contributed by atoms with Gasteiger partial charge in [-0.1, -0.05) is 6.92 Å². The second-order valence-electron chi connectivity index (χ2n) is 3.93. The summed E-state index contributed by atoms with van der Waals surface area (Å²) in [5, 5.41) is 3.30. The van der Waals surface area contributed by atoms with Crippen LogP contribution in [0.3, 0.4) is 0 Å². The third kappa shape index (κ3) is 2.43. The van der Waals surface area contributed by atoms with Crippen molar-refractivity contribution < 1.29 is 4.42 Å². The maximum atomic E-state index is 5.43. The van der Waals surface area contributed by atoms with Crippen LogP contribution in [0.15, 0.2) is 29.1 Å². The summed E-state index contributed by atoms with van der Waals surface area (Å²) in [6.07, 6.45) is 3.92. The van der Waals surface area contributed by atoms with Crippen molar-refractivity contribution in [2.45, 2.75) is 26.3 Å². The molecule has 0 saturated carbocycles. The monoisotopic (exact) mass is 247 g/mol. The van der Waals surface area contributed by atoms with Gasteiger partial charge in [-0.15, -0.1) is 0 Å². The minimum atomic E-state index is 0.0332. The van der Waals surface area contributed by atoms with Gasteiger partial charge in [-0.25, -0.2) is 15.8 Å². The van der Waals surface area contributed by atoms with Crippen LogP contribution in [0.25, 0.3) is 0 Å². The second-order valence-corrected chi connectivity index (χ2v) is 3.93. The molecule has 2 aromatic heterocycles. The molecule has 0 spiro atoms. The zero-order valence-electron chi connectivity index (χ0n) is 10.5. The van der Waals surface area contributed by atoms with Gasteiger partial charge in [0.1, 0.15) is 23.7 Å². The Morgan fingerprint density at radius 1 is 1.39 bits per heavy atom. The first-order valence-corrected chi connectivity index (χ1v) is 5.86. The van der Waals surface area contributed by atoms with E-state index >= 15 is 0 Å². The molecule has 0 aliphatic rings. The largest absolute Gasteiger partial charge is 0.467 e. The number of furan rings is 1. The highest BCUT2D eigenvalue weighted by Crippen LogP contribution is 2.24.